The Balaban J connectivity index is 1.98. The Bertz CT molecular complexity index is 436. The van der Waals surface area contributed by atoms with Gasteiger partial charge in [0.1, 0.15) is 17.7 Å². The molecular weight excluding hydrogens is 258 g/mol. The molecule has 1 heterocycles. The zero-order valence-electron chi connectivity index (χ0n) is 12.6. The number of carbonyl (C=O) groups excluding carboxylic acids is 2. The summed E-state index contributed by atoms with van der Waals surface area (Å²) in [6.07, 6.45) is 4.13. The first-order chi connectivity index (χ1) is 9.24. The number of hydrogen-bond donors (Lipinski definition) is 1. The maximum absolute atomic E-state index is 12.1. The second kappa shape index (κ2) is 5.56. The Morgan fingerprint density at radius 2 is 2.00 bits per heavy atom. The molecule has 1 saturated heterocycles. The Morgan fingerprint density at radius 1 is 1.30 bits per heavy atom. The maximum atomic E-state index is 12.1. The lowest BCUT2D eigenvalue weighted by atomic mass is 9.93. The van der Waals surface area contributed by atoms with Crippen molar-refractivity contribution in [2.24, 2.45) is 0 Å². The number of ether oxygens (including phenoxy) is 2. The van der Waals surface area contributed by atoms with Crippen LogP contribution in [0.4, 0.5) is 0 Å². The summed E-state index contributed by atoms with van der Waals surface area (Å²) in [6, 6.07) is -0.0825. The standard InChI is InChI=1S/C15H23NO4/c1-9(17)19-11-5-6-12-10(7-11)8-13(16-12)14(18)20-15(2,3)4/h7,11-13,16H,5-6,8H2,1-4H3/t11-,12-,13-/m0/s1. The van der Waals surface area contributed by atoms with Crippen molar-refractivity contribution in [3.8, 4) is 0 Å². The molecule has 2 aliphatic rings. The Labute approximate surface area is 119 Å². The minimum absolute atomic E-state index is 0.155. The lowest BCUT2D eigenvalue weighted by Crippen LogP contribution is -2.40. The fourth-order valence-electron chi connectivity index (χ4n) is 2.72. The van der Waals surface area contributed by atoms with E-state index in [9.17, 15) is 9.59 Å². The third kappa shape index (κ3) is 3.82. The van der Waals surface area contributed by atoms with Crippen LogP contribution in [0.3, 0.4) is 0 Å². The summed E-state index contributed by atoms with van der Waals surface area (Å²) in [6.45, 7) is 7.01. The topological polar surface area (TPSA) is 64.6 Å². The van der Waals surface area contributed by atoms with Gasteiger partial charge >= 0.3 is 11.9 Å². The van der Waals surface area contributed by atoms with Crippen LogP contribution >= 0.6 is 0 Å². The molecule has 3 atom stereocenters. The summed E-state index contributed by atoms with van der Waals surface area (Å²) in [4.78, 5) is 23.1. The molecule has 1 fully saturated rings. The molecule has 1 N–H and O–H groups in total. The molecule has 0 radical (unpaired) electrons. The van der Waals surface area contributed by atoms with Gasteiger partial charge in [0.25, 0.3) is 0 Å². The first kappa shape index (κ1) is 15.0. The number of fused-ring (bicyclic) bond motifs is 1. The van der Waals surface area contributed by atoms with Crippen LogP contribution in [0.15, 0.2) is 11.6 Å². The lowest BCUT2D eigenvalue weighted by molar-refractivity contribution is -0.157. The van der Waals surface area contributed by atoms with Gasteiger partial charge in [0.15, 0.2) is 0 Å². The molecule has 112 valence electrons. The minimum atomic E-state index is -0.471. The first-order valence-corrected chi connectivity index (χ1v) is 7.11. The predicted molar refractivity (Wildman–Crippen MR) is 74.0 cm³/mol. The van der Waals surface area contributed by atoms with Gasteiger partial charge in [0.2, 0.25) is 0 Å². The van der Waals surface area contributed by atoms with E-state index < -0.39 is 5.60 Å². The highest BCUT2D eigenvalue weighted by molar-refractivity contribution is 5.77. The summed E-state index contributed by atoms with van der Waals surface area (Å²) >= 11 is 0. The molecule has 5 heteroatoms. The summed E-state index contributed by atoms with van der Waals surface area (Å²) in [5, 5.41) is 3.31. The fourth-order valence-corrected chi connectivity index (χ4v) is 2.72. The van der Waals surface area contributed by atoms with Gasteiger partial charge in [0, 0.05) is 13.0 Å². The molecule has 1 aliphatic carbocycles. The highest BCUT2D eigenvalue weighted by Crippen LogP contribution is 2.30. The molecule has 0 bridgehead atoms. The van der Waals surface area contributed by atoms with E-state index in [0.29, 0.717) is 6.42 Å². The first-order valence-electron chi connectivity index (χ1n) is 7.11. The Morgan fingerprint density at radius 3 is 2.60 bits per heavy atom. The van der Waals surface area contributed by atoms with Crippen LogP contribution in [0.5, 0.6) is 0 Å². The summed E-state index contributed by atoms with van der Waals surface area (Å²) in [7, 11) is 0. The average molecular weight is 281 g/mol. The van der Waals surface area contributed by atoms with Crippen molar-refractivity contribution < 1.29 is 19.1 Å². The summed E-state index contributed by atoms with van der Waals surface area (Å²) in [5.41, 5.74) is 0.680. The van der Waals surface area contributed by atoms with E-state index >= 15 is 0 Å². The lowest BCUT2D eigenvalue weighted by Gasteiger charge is -2.24. The van der Waals surface area contributed by atoms with Crippen LogP contribution < -0.4 is 5.32 Å². The van der Waals surface area contributed by atoms with E-state index in [-0.39, 0.29) is 30.1 Å². The van der Waals surface area contributed by atoms with E-state index in [1.165, 1.54) is 6.92 Å². The van der Waals surface area contributed by atoms with Crippen molar-refractivity contribution in [1.29, 1.82) is 0 Å². The van der Waals surface area contributed by atoms with Gasteiger partial charge in [0.05, 0.1) is 0 Å². The van der Waals surface area contributed by atoms with Crippen molar-refractivity contribution in [1.82, 2.24) is 5.32 Å². The monoisotopic (exact) mass is 281 g/mol. The average Bonchev–Trinajstić information content (AvgIpc) is 2.68. The van der Waals surface area contributed by atoms with Gasteiger partial charge in [-0.15, -0.1) is 0 Å². The van der Waals surface area contributed by atoms with Gasteiger partial charge in [-0.2, -0.15) is 0 Å². The molecule has 1 aliphatic heterocycles. The number of hydrogen-bond acceptors (Lipinski definition) is 5. The largest absolute Gasteiger partial charge is 0.459 e. The number of carbonyl (C=O) groups is 2. The van der Waals surface area contributed by atoms with Gasteiger partial charge < -0.3 is 9.47 Å². The smallest absolute Gasteiger partial charge is 0.324 e. The van der Waals surface area contributed by atoms with E-state index in [0.717, 1.165) is 18.4 Å². The van der Waals surface area contributed by atoms with Gasteiger partial charge in [-0.3, -0.25) is 14.9 Å². The predicted octanol–water partition coefficient (Wildman–Crippen LogP) is 1.71. The normalized spacial score (nSPS) is 29.4. The van der Waals surface area contributed by atoms with Gasteiger partial charge in [-0.1, -0.05) is 5.57 Å². The Kier molecular flexibility index (Phi) is 4.18. The van der Waals surface area contributed by atoms with E-state index in [2.05, 4.69) is 5.32 Å². The zero-order valence-corrected chi connectivity index (χ0v) is 12.6. The van der Waals surface area contributed by atoms with Crippen LogP contribution in [0.2, 0.25) is 0 Å². The number of rotatable bonds is 2. The molecule has 2 rings (SSSR count). The summed E-state index contributed by atoms with van der Waals surface area (Å²) < 4.78 is 10.6. The zero-order chi connectivity index (χ0) is 14.9. The molecule has 0 amide bonds. The molecule has 0 aromatic heterocycles. The summed E-state index contributed by atoms with van der Waals surface area (Å²) in [5.74, 6) is -0.475. The van der Waals surface area contributed by atoms with Crippen LogP contribution in [0, 0.1) is 0 Å². The molecule has 0 unspecified atom stereocenters. The number of esters is 2. The van der Waals surface area contributed by atoms with Crippen LogP contribution in [-0.4, -0.2) is 35.7 Å². The molecule has 5 nitrogen and oxygen atoms in total. The highest BCUT2D eigenvalue weighted by Gasteiger charge is 2.38. The number of nitrogens with one attached hydrogen (secondary N) is 1. The fraction of sp³-hybridized carbons (Fsp3) is 0.733. The second-order valence-electron chi connectivity index (χ2n) is 6.48. The van der Waals surface area contributed by atoms with Crippen LogP contribution in [0.1, 0.15) is 47.0 Å². The third-order valence-electron chi connectivity index (χ3n) is 3.44. The Hall–Kier alpha value is -1.36. The molecule has 0 spiro atoms. The van der Waals surface area contributed by atoms with Crippen molar-refractivity contribution in [3.63, 3.8) is 0 Å². The van der Waals surface area contributed by atoms with Crippen LogP contribution in [0.25, 0.3) is 0 Å². The van der Waals surface area contributed by atoms with Crippen molar-refractivity contribution in [2.75, 3.05) is 0 Å². The van der Waals surface area contributed by atoms with E-state index in [1.807, 2.05) is 26.8 Å². The minimum Gasteiger partial charge on any atom is -0.459 e. The van der Waals surface area contributed by atoms with E-state index in [1.54, 1.807) is 0 Å². The van der Waals surface area contributed by atoms with Crippen molar-refractivity contribution >= 4 is 11.9 Å². The highest BCUT2D eigenvalue weighted by atomic mass is 16.6. The van der Waals surface area contributed by atoms with Crippen molar-refractivity contribution in [3.05, 3.63) is 11.6 Å². The maximum Gasteiger partial charge on any atom is 0.324 e. The van der Waals surface area contributed by atoms with Crippen molar-refractivity contribution in [2.45, 2.75) is 70.7 Å². The van der Waals surface area contributed by atoms with Gasteiger partial charge in [-0.05, 0) is 46.1 Å². The molecule has 0 aromatic carbocycles. The second-order valence-corrected chi connectivity index (χ2v) is 6.48. The molecule has 0 saturated carbocycles. The molecule has 0 aromatic rings. The van der Waals surface area contributed by atoms with E-state index in [4.69, 9.17) is 9.47 Å². The molecular formula is C15H23NO4. The third-order valence-corrected chi connectivity index (χ3v) is 3.44. The SMILES string of the molecule is CC(=O)O[C@@H]1C=C2C[C@@H](C(=O)OC(C)(C)C)N[C@H]2CC1. The molecule has 20 heavy (non-hydrogen) atoms. The van der Waals surface area contributed by atoms with Crippen LogP contribution in [-0.2, 0) is 19.1 Å². The van der Waals surface area contributed by atoms with Gasteiger partial charge in [-0.25, -0.2) is 0 Å². The quantitative estimate of drug-likeness (QED) is 0.616.